The van der Waals surface area contributed by atoms with Crippen LogP contribution in [0, 0.1) is 11.6 Å². The number of carbonyl (C=O) groups excluding carboxylic acids is 1. The Bertz CT molecular complexity index is 737. The van der Waals surface area contributed by atoms with Gasteiger partial charge in [-0.2, -0.15) is 0 Å². The number of pyridine rings is 1. The second-order valence-corrected chi connectivity index (χ2v) is 4.30. The second kappa shape index (κ2) is 5.84. The standard InChI is InChI=1S/C13H7ClF2N2O3/c14-11-9(3-7(16)5-17-11)12(19)18-10-4-6(15)1-2-8(10)13(20)21/h1-5H,(H,18,19)(H,20,21). The molecule has 0 aliphatic carbocycles. The summed E-state index contributed by atoms with van der Waals surface area (Å²) in [5, 5.41) is 10.9. The molecule has 0 saturated carbocycles. The normalized spacial score (nSPS) is 10.2. The Labute approximate surface area is 122 Å². The number of benzene rings is 1. The molecule has 0 aliphatic heterocycles. The number of aromatic carboxylic acids is 1. The first-order valence-electron chi connectivity index (χ1n) is 5.53. The van der Waals surface area contributed by atoms with Crippen molar-refractivity contribution in [3.05, 3.63) is 58.4 Å². The van der Waals surface area contributed by atoms with Crippen LogP contribution < -0.4 is 5.32 Å². The summed E-state index contributed by atoms with van der Waals surface area (Å²) in [5.41, 5.74) is -0.879. The maximum absolute atomic E-state index is 13.2. The number of nitrogens with zero attached hydrogens (tertiary/aromatic N) is 1. The van der Waals surface area contributed by atoms with Gasteiger partial charge in [0, 0.05) is 0 Å². The van der Waals surface area contributed by atoms with Gasteiger partial charge in [0.1, 0.15) is 16.8 Å². The van der Waals surface area contributed by atoms with E-state index >= 15 is 0 Å². The molecule has 1 aromatic carbocycles. The van der Waals surface area contributed by atoms with Crippen LogP contribution in [0.15, 0.2) is 30.5 Å². The molecular weight excluding hydrogens is 306 g/mol. The van der Waals surface area contributed by atoms with Gasteiger partial charge in [-0.25, -0.2) is 18.6 Å². The highest BCUT2D eigenvalue weighted by Crippen LogP contribution is 2.20. The quantitative estimate of drug-likeness (QED) is 0.854. The predicted octanol–water partition coefficient (Wildman–Crippen LogP) is 2.96. The van der Waals surface area contributed by atoms with E-state index in [1.165, 1.54) is 0 Å². The monoisotopic (exact) mass is 312 g/mol. The van der Waals surface area contributed by atoms with Gasteiger partial charge in [0.15, 0.2) is 0 Å². The van der Waals surface area contributed by atoms with Crippen molar-refractivity contribution in [3.63, 3.8) is 0 Å². The molecular formula is C13H7ClF2N2O3. The van der Waals surface area contributed by atoms with Crippen LogP contribution in [-0.4, -0.2) is 22.0 Å². The fourth-order valence-corrected chi connectivity index (χ4v) is 1.77. The van der Waals surface area contributed by atoms with E-state index in [2.05, 4.69) is 10.3 Å². The Morgan fingerprint density at radius 3 is 2.52 bits per heavy atom. The summed E-state index contributed by atoms with van der Waals surface area (Å²) in [5.74, 6) is -3.78. The first-order chi connectivity index (χ1) is 9.88. The Balaban J connectivity index is 2.38. The van der Waals surface area contributed by atoms with Crippen LogP contribution >= 0.6 is 11.6 Å². The van der Waals surface area contributed by atoms with E-state index in [0.717, 1.165) is 30.5 Å². The number of carbonyl (C=O) groups is 2. The summed E-state index contributed by atoms with van der Waals surface area (Å²) < 4.78 is 26.2. The van der Waals surface area contributed by atoms with Gasteiger partial charge in [-0.15, -0.1) is 0 Å². The van der Waals surface area contributed by atoms with Gasteiger partial charge in [-0.1, -0.05) is 11.6 Å². The van der Waals surface area contributed by atoms with Gasteiger partial charge in [0.2, 0.25) is 0 Å². The van der Waals surface area contributed by atoms with Gasteiger partial charge in [-0.05, 0) is 24.3 Å². The zero-order valence-electron chi connectivity index (χ0n) is 10.2. The SMILES string of the molecule is O=C(O)c1ccc(F)cc1NC(=O)c1cc(F)cnc1Cl. The highest BCUT2D eigenvalue weighted by Gasteiger charge is 2.17. The highest BCUT2D eigenvalue weighted by molar-refractivity contribution is 6.33. The van der Waals surface area contributed by atoms with Crippen LogP contribution in [-0.2, 0) is 0 Å². The molecule has 8 heteroatoms. The molecule has 0 bridgehead atoms. The van der Waals surface area contributed by atoms with Crippen molar-refractivity contribution in [3.8, 4) is 0 Å². The van der Waals surface area contributed by atoms with Gasteiger partial charge in [0.25, 0.3) is 5.91 Å². The number of amides is 1. The Morgan fingerprint density at radius 2 is 1.86 bits per heavy atom. The van der Waals surface area contributed by atoms with E-state index in [1.54, 1.807) is 0 Å². The summed E-state index contributed by atoms with van der Waals surface area (Å²) in [4.78, 5) is 26.4. The second-order valence-electron chi connectivity index (χ2n) is 3.94. The molecule has 5 nitrogen and oxygen atoms in total. The third kappa shape index (κ3) is 3.32. The molecule has 1 amide bonds. The molecule has 2 rings (SSSR count). The molecule has 2 N–H and O–H groups in total. The van der Waals surface area contributed by atoms with Gasteiger partial charge in [0.05, 0.1) is 23.0 Å². The first kappa shape index (κ1) is 14.9. The first-order valence-corrected chi connectivity index (χ1v) is 5.91. The van der Waals surface area contributed by atoms with E-state index < -0.39 is 23.5 Å². The average Bonchev–Trinajstić information content (AvgIpc) is 2.41. The molecule has 0 spiro atoms. The lowest BCUT2D eigenvalue weighted by molar-refractivity contribution is 0.0698. The number of hydrogen-bond donors (Lipinski definition) is 2. The maximum Gasteiger partial charge on any atom is 0.337 e. The lowest BCUT2D eigenvalue weighted by Crippen LogP contribution is -2.16. The summed E-state index contributed by atoms with van der Waals surface area (Å²) in [7, 11) is 0. The molecule has 0 aliphatic rings. The molecule has 0 radical (unpaired) electrons. The van der Waals surface area contributed by atoms with Crippen molar-refractivity contribution in [1.82, 2.24) is 4.98 Å². The van der Waals surface area contributed by atoms with Gasteiger partial charge < -0.3 is 10.4 Å². The molecule has 0 saturated heterocycles. The van der Waals surface area contributed by atoms with Crippen LogP contribution in [0.25, 0.3) is 0 Å². The highest BCUT2D eigenvalue weighted by atomic mass is 35.5. The minimum absolute atomic E-state index is 0.262. The van der Waals surface area contributed by atoms with Crippen molar-refractivity contribution < 1.29 is 23.5 Å². The predicted molar refractivity (Wildman–Crippen MR) is 70.5 cm³/mol. The van der Waals surface area contributed by atoms with Crippen molar-refractivity contribution in [2.75, 3.05) is 5.32 Å². The molecule has 0 fully saturated rings. The molecule has 21 heavy (non-hydrogen) atoms. The van der Waals surface area contributed by atoms with E-state index in [4.69, 9.17) is 16.7 Å². The molecule has 0 unspecified atom stereocenters. The zero-order valence-corrected chi connectivity index (χ0v) is 11.0. The van der Waals surface area contributed by atoms with Crippen LogP contribution in [0.5, 0.6) is 0 Å². The van der Waals surface area contributed by atoms with Crippen molar-refractivity contribution in [2.45, 2.75) is 0 Å². The maximum atomic E-state index is 13.2. The van der Waals surface area contributed by atoms with Crippen LogP contribution in [0.2, 0.25) is 5.15 Å². The molecule has 1 heterocycles. The Hall–Kier alpha value is -2.54. The smallest absolute Gasteiger partial charge is 0.337 e. The number of anilines is 1. The molecule has 0 atom stereocenters. The molecule has 2 aromatic rings. The van der Waals surface area contributed by atoms with Crippen molar-refractivity contribution in [2.24, 2.45) is 0 Å². The Kier molecular flexibility index (Phi) is 4.13. The number of carboxylic acids is 1. The molecule has 108 valence electrons. The number of halogens is 3. The zero-order chi connectivity index (χ0) is 15.6. The van der Waals surface area contributed by atoms with E-state index in [0.29, 0.717) is 0 Å². The summed E-state index contributed by atoms with van der Waals surface area (Å²) in [6, 6.07) is 3.61. The van der Waals surface area contributed by atoms with Crippen molar-refractivity contribution >= 4 is 29.2 Å². The summed E-state index contributed by atoms with van der Waals surface area (Å²) >= 11 is 5.66. The van der Waals surface area contributed by atoms with E-state index in [9.17, 15) is 18.4 Å². The number of rotatable bonds is 3. The van der Waals surface area contributed by atoms with Crippen LogP contribution in [0.1, 0.15) is 20.7 Å². The lowest BCUT2D eigenvalue weighted by Gasteiger charge is -2.09. The third-order valence-electron chi connectivity index (χ3n) is 2.51. The van der Waals surface area contributed by atoms with E-state index in [-0.39, 0.29) is 22.0 Å². The summed E-state index contributed by atoms with van der Waals surface area (Å²) in [6.07, 6.45) is 0.823. The van der Waals surface area contributed by atoms with E-state index in [1.807, 2.05) is 0 Å². The number of carboxylic acid groups (broad SMARTS) is 1. The minimum Gasteiger partial charge on any atom is -0.478 e. The Morgan fingerprint density at radius 1 is 1.14 bits per heavy atom. The van der Waals surface area contributed by atoms with Gasteiger partial charge in [-0.3, -0.25) is 4.79 Å². The summed E-state index contributed by atoms with van der Waals surface area (Å²) in [6.45, 7) is 0. The lowest BCUT2D eigenvalue weighted by atomic mass is 10.1. The number of aromatic nitrogens is 1. The number of hydrogen-bond acceptors (Lipinski definition) is 3. The fourth-order valence-electron chi connectivity index (χ4n) is 1.58. The third-order valence-corrected chi connectivity index (χ3v) is 2.81. The minimum atomic E-state index is -1.35. The molecule has 1 aromatic heterocycles. The average molecular weight is 313 g/mol. The van der Waals surface area contributed by atoms with Crippen LogP contribution in [0.3, 0.4) is 0 Å². The topological polar surface area (TPSA) is 79.3 Å². The fraction of sp³-hybridized carbons (Fsp3) is 0. The van der Waals surface area contributed by atoms with Crippen molar-refractivity contribution in [1.29, 1.82) is 0 Å². The van der Waals surface area contributed by atoms with Gasteiger partial charge >= 0.3 is 5.97 Å². The largest absolute Gasteiger partial charge is 0.478 e. The van der Waals surface area contributed by atoms with Crippen LogP contribution in [0.4, 0.5) is 14.5 Å². The number of nitrogens with one attached hydrogen (secondary N) is 1.